The summed E-state index contributed by atoms with van der Waals surface area (Å²) in [5, 5.41) is 0. The van der Waals surface area contributed by atoms with Crippen molar-refractivity contribution in [2.75, 3.05) is 0 Å². The van der Waals surface area contributed by atoms with Gasteiger partial charge in [0.1, 0.15) is 5.69 Å². The van der Waals surface area contributed by atoms with Crippen LogP contribution in [0.1, 0.15) is 25.2 Å². The molecule has 0 saturated carbocycles. The molecule has 0 radical (unpaired) electrons. The first-order chi connectivity index (χ1) is 15.4. The monoisotopic (exact) mass is 428 g/mol. The Labute approximate surface area is 182 Å². The molecule has 0 aliphatic rings. The molecule has 0 atom stereocenters. The van der Waals surface area contributed by atoms with E-state index in [1.807, 2.05) is 50.2 Å². The van der Waals surface area contributed by atoms with E-state index in [9.17, 15) is 8.78 Å². The summed E-state index contributed by atoms with van der Waals surface area (Å²) >= 11 is 0. The number of pyridine rings is 4. The van der Waals surface area contributed by atoms with E-state index in [-0.39, 0.29) is 5.56 Å². The van der Waals surface area contributed by atoms with Gasteiger partial charge in [-0.15, -0.1) is 0 Å². The van der Waals surface area contributed by atoms with E-state index in [0.29, 0.717) is 28.6 Å². The maximum Gasteiger partial charge on any atom is 0.224 e. The zero-order valence-electron chi connectivity index (χ0n) is 17.3. The van der Waals surface area contributed by atoms with E-state index in [1.165, 1.54) is 6.07 Å². The summed E-state index contributed by atoms with van der Waals surface area (Å²) in [6.07, 6.45) is 1.69. The maximum atomic E-state index is 14.2. The second-order valence-corrected chi connectivity index (χ2v) is 7.87. The fourth-order valence-electron chi connectivity index (χ4n) is 3.55. The van der Waals surface area contributed by atoms with Crippen molar-refractivity contribution in [2.45, 2.75) is 19.3 Å². The summed E-state index contributed by atoms with van der Waals surface area (Å²) in [5.74, 6) is -1.15. The number of halogens is 2. The summed E-state index contributed by atoms with van der Waals surface area (Å²) in [6.45, 7) is 3.98. The summed E-state index contributed by atoms with van der Waals surface area (Å²) in [7, 11) is 0. The van der Waals surface area contributed by atoms with Crippen LogP contribution in [0, 0.1) is 11.9 Å². The Bertz CT molecular complexity index is 1410. The molecule has 6 nitrogen and oxygen atoms in total. The van der Waals surface area contributed by atoms with Gasteiger partial charge in [-0.1, -0.05) is 12.1 Å². The number of aromatic nitrogens is 6. The van der Waals surface area contributed by atoms with Crippen molar-refractivity contribution in [1.29, 1.82) is 0 Å². The van der Waals surface area contributed by atoms with Gasteiger partial charge < -0.3 is 4.98 Å². The molecule has 0 saturated heterocycles. The van der Waals surface area contributed by atoms with Crippen molar-refractivity contribution in [3.05, 3.63) is 90.1 Å². The fraction of sp³-hybridized carbons (Fsp3) is 0.125. The number of H-pyrrole nitrogens is 1. The molecule has 32 heavy (non-hydrogen) atoms. The van der Waals surface area contributed by atoms with E-state index in [4.69, 9.17) is 4.98 Å². The number of nitrogens with one attached hydrogen (secondary N) is 1. The highest BCUT2D eigenvalue weighted by Crippen LogP contribution is 2.32. The number of fused-ring (bicyclic) bond motifs is 1. The van der Waals surface area contributed by atoms with Crippen LogP contribution in [-0.4, -0.2) is 29.9 Å². The van der Waals surface area contributed by atoms with Crippen LogP contribution in [0.15, 0.2) is 66.9 Å². The molecule has 0 fully saturated rings. The van der Waals surface area contributed by atoms with Crippen LogP contribution in [-0.2, 0) is 5.41 Å². The van der Waals surface area contributed by atoms with Gasteiger partial charge in [-0.2, -0.15) is 13.8 Å². The lowest BCUT2D eigenvalue weighted by atomic mass is 9.84. The Hall–Kier alpha value is -4.07. The standard InChI is InChI=1S/C24H18F2N6/c1-24(2,18-9-3-6-15(28-18)14-11-12-20(25)31-21(14)26)19-10-4-7-17(29-19)23-30-16-8-5-13-27-22(16)32-23/h3-13H,1-2H3,(H,27,30,32). The van der Waals surface area contributed by atoms with Gasteiger partial charge in [-0.25, -0.2) is 15.0 Å². The average molecular weight is 428 g/mol. The number of imidazole rings is 1. The lowest BCUT2D eigenvalue weighted by molar-refractivity contribution is 0.514. The Morgan fingerprint density at radius 3 is 2.19 bits per heavy atom. The van der Waals surface area contributed by atoms with Crippen molar-refractivity contribution < 1.29 is 8.78 Å². The Morgan fingerprint density at radius 1 is 0.750 bits per heavy atom. The van der Waals surface area contributed by atoms with Crippen LogP contribution in [0.25, 0.3) is 33.9 Å². The minimum Gasteiger partial charge on any atom is -0.335 e. The third-order valence-electron chi connectivity index (χ3n) is 5.37. The molecule has 0 aromatic carbocycles. The summed E-state index contributed by atoms with van der Waals surface area (Å²) < 4.78 is 27.4. The van der Waals surface area contributed by atoms with Gasteiger partial charge in [0.2, 0.25) is 11.9 Å². The number of hydrogen-bond donors (Lipinski definition) is 1. The Balaban J connectivity index is 1.54. The molecule has 5 aromatic rings. The molecule has 5 heterocycles. The molecule has 1 N–H and O–H groups in total. The molecule has 5 aromatic heterocycles. The molecular formula is C24H18F2N6. The molecule has 158 valence electrons. The van der Waals surface area contributed by atoms with E-state index in [0.717, 1.165) is 17.3 Å². The number of aromatic amines is 1. The zero-order valence-corrected chi connectivity index (χ0v) is 17.3. The van der Waals surface area contributed by atoms with Crippen LogP contribution in [0.2, 0.25) is 0 Å². The number of nitrogens with zero attached hydrogens (tertiary/aromatic N) is 5. The quantitative estimate of drug-likeness (QED) is 0.404. The van der Waals surface area contributed by atoms with Crippen molar-refractivity contribution >= 4 is 11.2 Å². The van der Waals surface area contributed by atoms with Gasteiger partial charge in [-0.05, 0) is 62.4 Å². The highest BCUT2D eigenvalue weighted by Gasteiger charge is 2.27. The highest BCUT2D eigenvalue weighted by molar-refractivity contribution is 5.74. The third kappa shape index (κ3) is 3.49. The lowest BCUT2D eigenvalue weighted by Crippen LogP contribution is -2.22. The van der Waals surface area contributed by atoms with Crippen LogP contribution in [0.4, 0.5) is 8.78 Å². The van der Waals surface area contributed by atoms with Gasteiger partial charge in [0.05, 0.1) is 28.2 Å². The van der Waals surface area contributed by atoms with Gasteiger partial charge in [0.25, 0.3) is 0 Å². The van der Waals surface area contributed by atoms with Crippen molar-refractivity contribution in [2.24, 2.45) is 0 Å². The molecule has 8 heteroatoms. The Morgan fingerprint density at radius 2 is 1.47 bits per heavy atom. The first-order valence-corrected chi connectivity index (χ1v) is 10.0. The minimum atomic E-state index is -0.897. The molecule has 0 unspecified atom stereocenters. The van der Waals surface area contributed by atoms with Gasteiger partial charge in [-0.3, -0.25) is 4.98 Å². The fourth-order valence-corrected chi connectivity index (χ4v) is 3.55. The number of hydrogen-bond acceptors (Lipinski definition) is 5. The smallest absolute Gasteiger partial charge is 0.224 e. The molecule has 0 bridgehead atoms. The van der Waals surface area contributed by atoms with Crippen LogP contribution < -0.4 is 0 Å². The second-order valence-electron chi connectivity index (χ2n) is 7.87. The zero-order chi connectivity index (χ0) is 22.3. The van der Waals surface area contributed by atoms with Crippen molar-refractivity contribution in [1.82, 2.24) is 29.9 Å². The SMILES string of the molecule is CC(C)(c1cccc(-c2nc3ncccc3[nH]2)n1)c1cccc(-c2ccc(F)nc2F)n1. The van der Waals surface area contributed by atoms with E-state index >= 15 is 0 Å². The van der Waals surface area contributed by atoms with Crippen molar-refractivity contribution in [3.63, 3.8) is 0 Å². The normalized spacial score (nSPS) is 11.8. The van der Waals surface area contributed by atoms with E-state index in [1.54, 1.807) is 18.3 Å². The third-order valence-corrected chi connectivity index (χ3v) is 5.37. The molecule has 0 spiro atoms. The van der Waals surface area contributed by atoms with Crippen LogP contribution in [0.3, 0.4) is 0 Å². The van der Waals surface area contributed by atoms with Crippen molar-refractivity contribution in [3.8, 4) is 22.8 Å². The molecule has 0 aliphatic carbocycles. The summed E-state index contributed by atoms with van der Waals surface area (Å²) in [5.41, 5.74) is 3.51. The van der Waals surface area contributed by atoms with Gasteiger partial charge >= 0.3 is 0 Å². The molecule has 0 aliphatic heterocycles. The maximum absolute atomic E-state index is 14.2. The largest absolute Gasteiger partial charge is 0.335 e. The Kier molecular flexibility index (Phi) is 4.70. The topological polar surface area (TPSA) is 80.2 Å². The summed E-state index contributed by atoms with van der Waals surface area (Å²) in [6, 6.07) is 17.2. The van der Waals surface area contributed by atoms with Crippen LogP contribution >= 0.6 is 0 Å². The van der Waals surface area contributed by atoms with Crippen LogP contribution in [0.5, 0.6) is 0 Å². The van der Waals surface area contributed by atoms with E-state index in [2.05, 4.69) is 24.9 Å². The highest BCUT2D eigenvalue weighted by atomic mass is 19.1. The molecule has 0 amide bonds. The summed E-state index contributed by atoms with van der Waals surface area (Å²) in [4.78, 5) is 24.7. The number of rotatable bonds is 4. The minimum absolute atomic E-state index is 0.139. The van der Waals surface area contributed by atoms with E-state index < -0.39 is 17.3 Å². The average Bonchev–Trinajstić information content (AvgIpc) is 3.24. The van der Waals surface area contributed by atoms with Gasteiger partial charge in [0, 0.05) is 11.6 Å². The first kappa shape index (κ1) is 19.9. The second kappa shape index (κ2) is 7.56. The molecular weight excluding hydrogens is 410 g/mol. The predicted octanol–water partition coefficient (Wildman–Crippen LogP) is 5.08. The van der Waals surface area contributed by atoms with Gasteiger partial charge in [0.15, 0.2) is 11.5 Å². The first-order valence-electron chi connectivity index (χ1n) is 10.0. The predicted molar refractivity (Wildman–Crippen MR) is 117 cm³/mol. The lowest BCUT2D eigenvalue weighted by Gasteiger charge is -2.24. The molecule has 5 rings (SSSR count).